The molecule has 0 bridgehead atoms. The molecule has 2 rings (SSSR count). The van der Waals surface area contributed by atoms with Crippen LogP contribution in [0.4, 0.5) is 5.69 Å². The fraction of sp³-hybridized carbons (Fsp3) is 0.562. The van der Waals surface area contributed by atoms with Gasteiger partial charge in [0.1, 0.15) is 0 Å². The molecule has 0 spiro atoms. The molecule has 0 radical (unpaired) electrons. The number of carbonyl (C=O) groups excluding carboxylic acids is 1. The minimum Gasteiger partial charge on any atom is -0.359 e. The van der Waals surface area contributed by atoms with Crippen LogP contribution in [0.5, 0.6) is 0 Å². The minimum absolute atomic E-state index is 0.0237. The smallest absolute Gasteiger partial charge is 0.230 e. The zero-order chi connectivity index (χ0) is 15.8. The van der Waals surface area contributed by atoms with Crippen molar-refractivity contribution in [2.24, 2.45) is 0 Å². The highest BCUT2D eigenvalue weighted by Crippen LogP contribution is 2.28. The first-order chi connectivity index (χ1) is 10.7. The van der Waals surface area contributed by atoms with Crippen molar-refractivity contribution in [3.63, 3.8) is 0 Å². The largest absolute Gasteiger partial charge is 0.359 e. The number of amides is 1. The van der Waals surface area contributed by atoms with Gasteiger partial charge in [0.2, 0.25) is 5.91 Å². The molecule has 0 saturated heterocycles. The van der Waals surface area contributed by atoms with Crippen LogP contribution in [0.1, 0.15) is 12.0 Å². The molecule has 1 atom stereocenters. The third kappa shape index (κ3) is 5.45. The van der Waals surface area contributed by atoms with E-state index in [0.717, 1.165) is 32.2 Å². The van der Waals surface area contributed by atoms with Gasteiger partial charge in [-0.1, -0.05) is 26.1 Å². The number of nitrogens with zero attached hydrogens (tertiary/aromatic N) is 1. The molecule has 1 aliphatic heterocycles. The van der Waals surface area contributed by atoms with Crippen LogP contribution in [0.15, 0.2) is 24.3 Å². The van der Waals surface area contributed by atoms with E-state index in [1.54, 1.807) is 0 Å². The molecule has 0 saturated carbocycles. The summed E-state index contributed by atoms with van der Waals surface area (Å²) in [7, 11) is -0.147. The lowest BCUT2D eigenvalue weighted by atomic mass is 10.0. The lowest BCUT2D eigenvalue weighted by Gasteiger charge is -2.31. The Balaban J connectivity index is 1.66. The molecule has 1 amide bonds. The lowest BCUT2D eigenvalue weighted by Crippen LogP contribution is -2.38. The zero-order valence-electron chi connectivity index (χ0n) is 13.2. The first-order valence-electron chi connectivity index (χ1n) is 7.80. The molecule has 1 unspecified atom stereocenters. The lowest BCUT2D eigenvalue weighted by molar-refractivity contribution is -0.118. The van der Waals surface area contributed by atoms with Crippen LogP contribution in [0.2, 0.25) is 0 Å². The summed E-state index contributed by atoms with van der Waals surface area (Å²) in [5, 5.41) is 6.45. The Morgan fingerprint density at radius 3 is 3.05 bits per heavy atom. The van der Waals surface area contributed by atoms with Gasteiger partial charge < -0.3 is 10.2 Å². The first-order valence-corrected chi connectivity index (χ1v) is 10.6. The van der Waals surface area contributed by atoms with Crippen molar-refractivity contribution < 1.29 is 4.79 Å². The predicted octanol–water partition coefficient (Wildman–Crippen LogP) is 2.10. The molecule has 1 aliphatic rings. The molecule has 4 nitrogen and oxygen atoms in total. The highest BCUT2D eigenvalue weighted by Gasteiger charge is 2.15. The number of aryl methyl sites for hydroxylation is 1. The number of thiol groups is 1. The quantitative estimate of drug-likeness (QED) is 0.386. The number of nitrogens with one attached hydrogen (secondary N) is 2. The molecule has 0 aliphatic carbocycles. The molecular formula is C16H26N3OPS. The average molecular weight is 339 g/mol. The van der Waals surface area contributed by atoms with Gasteiger partial charge in [-0.3, -0.25) is 10.1 Å². The van der Waals surface area contributed by atoms with Crippen molar-refractivity contribution in [1.29, 1.82) is 0 Å². The second-order valence-electron chi connectivity index (χ2n) is 5.65. The van der Waals surface area contributed by atoms with Gasteiger partial charge in [0, 0.05) is 25.1 Å². The zero-order valence-corrected chi connectivity index (χ0v) is 15.0. The Hall–Kier alpha value is -0.770. The van der Waals surface area contributed by atoms with Gasteiger partial charge >= 0.3 is 0 Å². The third-order valence-corrected chi connectivity index (χ3v) is 5.84. The molecule has 0 fully saturated rings. The van der Waals surface area contributed by atoms with Crippen molar-refractivity contribution in [1.82, 2.24) is 10.6 Å². The van der Waals surface area contributed by atoms with Crippen LogP contribution < -0.4 is 15.5 Å². The van der Waals surface area contributed by atoms with Gasteiger partial charge in [-0.25, -0.2) is 0 Å². The Bertz CT molecular complexity index is 486. The maximum atomic E-state index is 11.2. The average Bonchev–Trinajstić information content (AvgIpc) is 2.56. The monoisotopic (exact) mass is 339 g/mol. The second-order valence-corrected chi connectivity index (χ2v) is 8.44. The standard InChI is InChI=1S/C16H26N3OPS/c1-21(13-18-16(20)11-22)10-8-17-12-19-9-4-6-14-5-2-3-7-15(14)19/h2-3,5,7,17,22H,4,6,8-13H2,1H3,(H,18,20). The molecule has 122 valence electrons. The van der Waals surface area contributed by atoms with E-state index in [4.69, 9.17) is 0 Å². The van der Waals surface area contributed by atoms with Crippen molar-refractivity contribution in [3.05, 3.63) is 29.8 Å². The number of benzene rings is 1. The number of hydrogen-bond acceptors (Lipinski definition) is 4. The third-order valence-electron chi connectivity index (χ3n) is 3.87. The molecule has 1 aromatic carbocycles. The molecule has 1 heterocycles. The van der Waals surface area contributed by atoms with Crippen molar-refractivity contribution >= 4 is 32.1 Å². The fourth-order valence-electron chi connectivity index (χ4n) is 2.62. The summed E-state index contributed by atoms with van der Waals surface area (Å²) in [5.41, 5.74) is 2.84. The van der Waals surface area contributed by atoms with Crippen molar-refractivity contribution in [2.75, 3.05) is 49.5 Å². The SMILES string of the molecule is CP(CCNCN1CCCc2ccccc21)CNC(=O)CS. The predicted molar refractivity (Wildman–Crippen MR) is 99.6 cm³/mol. The summed E-state index contributed by atoms with van der Waals surface area (Å²) in [6, 6.07) is 8.69. The summed E-state index contributed by atoms with van der Waals surface area (Å²) in [6.45, 7) is 5.26. The molecule has 0 aromatic heterocycles. The number of rotatable bonds is 8. The van der Waals surface area contributed by atoms with E-state index in [-0.39, 0.29) is 19.6 Å². The molecular weight excluding hydrogens is 313 g/mol. The van der Waals surface area contributed by atoms with Gasteiger partial charge in [0.05, 0.1) is 12.4 Å². The van der Waals surface area contributed by atoms with Crippen LogP contribution in [0.25, 0.3) is 0 Å². The number of hydrogen-bond donors (Lipinski definition) is 3. The number of anilines is 1. The maximum Gasteiger partial charge on any atom is 0.230 e. The highest BCUT2D eigenvalue weighted by molar-refractivity contribution is 7.81. The molecule has 2 N–H and O–H groups in total. The van der Waals surface area contributed by atoms with Crippen LogP contribution in [-0.4, -0.2) is 50.5 Å². The van der Waals surface area contributed by atoms with E-state index in [1.807, 2.05) is 0 Å². The minimum atomic E-state index is -0.147. The highest BCUT2D eigenvalue weighted by atomic mass is 32.1. The number of fused-ring (bicyclic) bond motifs is 1. The van der Waals surface area contributed by atoms with Crippen LogP contribution in [0, 0.1) is 0 Å². The number of carbonyl (C=O) groups is 1. The van der Waals surface area contributed by atoms with Crippen LogP contribution >= 0.6 is 20.6 Å². The topological polar surface area (TPSA) is 44.4 Å². The van der Waals surface area contributed by atoms with Gasteiger partial charge in [0.15, 0.2) is 0 Å². The summed E-state index contributed by atoms with van der Waals surface area (Å²) in [4.78, 5) is 13.6. The molecule has 6 heteroatoms. The first kappa shape index (κ1) is 17.6. The van der Waals surface area contributed by atoms with Gasteiger partial charge in [-0.05, 0) is 37.3 Å². The summed E-state index contributed by atoms with van der Waals surface area (Å²) < 4.78 is 0. The van der Waals surface area contributed by atoms with E-state index in [9.17, 15) is 4.79 Å². The summed E-state index contributed by atoms with van der Waals surface area (Å²) in [5.74, 6) is 0.297. The fourth-order valence-corrected chi connectivity index (χ4v) is 3.87. The summed E-state index contributed by atoms with van der Waals surface area (Å²) in [6.07, 6.45) is 4.34. The normalized spacial score (nSPS) is 15.3. The Kier molecular flexibility index (Phi) is 7.50. The van der Waals surface area contributed by atoms with Gasteiger partial charge in [-0.2, -0.15) is 12.6 Å². The van der Waals surface area contributed by atoms with Crippen molar-refractivity contribution in [2.45, 2.75) is 12.8 Å². The second kappa shape index (κ2) is 9.39. The molecule has 22 heavy (non-hydrogen) atoms. The van der Waals surface area contributed by atoms with E-state index >= 15 is 0 Å². The van der Waals surface area contributed by atoms with E-state index in [0.29, 0.717) is 0 Å². The van der Waals surface area contributed by atoms with Gasteiger partial charge in [-0.15, -0.1) is 0 Å². The molecule has 1 aromatic rings. The maximum absolute atomic E-state index is 11.2. The van der Waals surface area contributed by atoms with E-state index in [1.165, 1.54) is 24.1 Å². The van der Waals surface area contributed by atoms with Crippen LogP contribution in [-0.2, 0) is 11.2 Å². The van der Waals surface area contributed by atoms with Gasteiger partial charge in [0.25, 0.3) is 0 Å². The Labute approximate surface area is 140 Å². The Morgan fingerprint density at radius 1 is 1.41 bits per heavy atom. The van der Waals surface area contributed by atoms with E-state index in [2.05, 4.69) is 59.1 Å². The van der Waals surface area contributed by atoms with Crippen molar-refractivity contribution in [3.8, 4) is 0 Å². The Morgan fingerprint density at radius 2 is 2.23 bits per heavy atom. The number of para-hydroxylation sites is 1. The summed E-state index contributed by atoms with van der Waals surface area (Å²) >= 11 is 3.96. The van der Waals surface area contributed by atoms with E-state index < -0.39 is 0 Å². The van der Waals surface area contributed by atoms with Crippen LogP contribution in [0.3, 0.4) is 0 Å².